The van der Waals surface area contributed by atoms with E-state index >= 15 is 0 Å². The van der Waals surface area contributed by atoms with Gasteiger partial charge in [0.2, 0.25) is 0 Å². The van der Waals surface area contributed by atoms with Crippen molar-refractivity contribution in [2.75, 3.05) is 0 Å². The van der Waals surface area contributed by atoms with Crippen LogP contribution in [0.2, 0.25) is 0 Å². The van der Waals surface area contributed by atoms with Crippen molar-refractivity contribution in [3.8, 4) is 6.07 Å². The lowest BCUT2D eigenvalue weighted by atomic mass is 9.88. The van der Waals surface area contributed by atoms with E-state index < -0.39 is 0 Å². The van der Waals surface area contributed by atoms with Crippen LogP contribution in [-0.2, 0) is 11.3 Å². The molecule has 0 spiro atoms. The minimum atomic E-state index is -0.350. The maximum Gasteiger partial charge on any atom is 0.130 e. The maximum absolute atomic E-state index is 13.7. The van der Waals surface area contributed by atoms with E-state index in [1.807, 2.05) is 6.07 Å². The standard InChI is InChI=1S/C15H18FNO/c1-11-4-2-3-5-15(11)18-10-13-7-6-12(9-17)8-14(13)16/h6-8,11,15H,2-5,10H2,1H3. The number of halogens is 1. The van der Waals surface area contributed by atoms with Crippen molar-refractivity contribution in [1.82, 2.24) is 0 Å². The lowest BCUT2D eigenvalue weighted by Gasteiger charge is -2.28. The van der Waals surface area contributed by atoms with Gasteiger partial charge >= 0.3 is 0 Å². The zero-order chi connectivity index (χ0) is 13.0. The smallest absolute Gasteiger partial charge is 0.130 e. The van der Waals surface area contributed by atoms with E-state index in [-0.39, 0.29) is 11.9 Å². The van der Waals surface area contributed by atoms with Crippen molar-refractivity contribution in [3.05, 3.63) is 35.1 Å². The third-order valence-corrected chi connectivity index (χ3v) is 3.67. The highest BCUT2D eigenvalue weighted by Crippen LogP contribution is 2.27. The van der Waals surface area contributed by atoms with Gasteiger partial charge in [0.25, 0.3) is 0 Å². The number of nitrogens with zero attached hydrogens (tertiary/aromatic N) is 1. The monoisotopic (exact) mass is 247 g/mol. The Kier molecular flexibility index (Phi) is 4.33. The molecule has 1 saturated carbocycles. The van der Waals surface area contributed by atoms with Gasteiger partial charge in [-0.1, -0.05) is 25.8 Å². The van der Waals surface area contributed by atoms with E-state index in [0.29, 0.717) is 23.7 Å². The van der Waals surface area contributed by atoms with Crippen molar-refractivity contribution in [2.45, 2.75) is 45.3 Å². The molecule has 1 aliphatic rings. The van der Waals surface area contributed by atoms with Crippen molar-refractivity contribution in [1.29, 1.82) is 5.26 Å². The lowest BCUT2D eigenvalue weighted by molar-refractivity contribution is -0.0164. The summed E-state index contributed by atoms with van der Waals surface area (Å²) >= 11 is 0. The molecule has 0 aliphatic heterocycles. The Morgan fingerprint density at radius 3 is 2.83 bits per heavy atom. The Balaban J connectivity index is 1.95. The second kappa shape index (κ2) is 5.97. The fourth-order valence-corrected chi connectivity index (χ4v) is 2.46. The number of hydrogen-bond acceptors (Lipinski definition) is 2. The number of benzene rings is 1. The van der Waals surface area contributed by atoms with Gasteiger partial charge in [0.15, 0.2) is 0 Å². The molecular formula is C15H18FNO. The molecule has 96 valence electrons. The van der Waals surface area contributed by atoms with Crippen molar-refractivity contribution in [3.63, 3.8) is 0 Å². The molecule has 0 radical (unpaired) electrons. The van der Waals surface area contributed by atoms with Crippen LogP contribution >= 0.6 is 0 Å². The van der Waals surface area contributed by atoms with Crippen LogP contribution in [-0.4, -0.2) is 6.10 Å². The van der Waals surface area contributed by atoms with Crippen LogP contribution in [0, 0.1) is 23.1 Å². The molecule has 0 aromatic heterocycles. The molecule has 18 heavy (non-hydrogen) atoms. The van der Waals surface area contributed by atoms with E-state index in [2.05, 4.69) is 6.92 Å². The molecule has 0 bridgehead atoms. The zero-order valence-electron chi connectivity index (χ0n) is 10.7. The number of nitriles is 1. The summed E-state index contributed by atoms with van der Waals surface area (Å²) in [5, 5.41) is 8.67. The summed E-state index contributed by atoms with van der Waals surface area (Å²) in [6, 6.07) is 6.46. The fourth-order valence-electron chi connectivity index (χ4n) is 2.46. The lowest BCUT2D eigenvalue weighted by Crippen LogP contribution is -2.25. The third kappa shape index (κ3) is 3.08. The highest BCUT2D eigenvalue weighted by Gasteiger charge is 2.22. The van der Waals surface area contributed by atoms with Crippen LogP contribution in [0.1, 0.15) is 43.7 Å². The number of ether oxygens (including phenoxy) is 1. The highest BCUT2D eigenvalue weighted by molar-refractivity contribution is 5.32. The molecule has 0 saturated heterocycles. The molecule has 1 aromatic rings. The first-order valence-corrected chi connectivity index (χ1v) is 6.51. The van der Waals surface area contributed by atoms with Crippen molar-refractivity contribution >= 4 is 0 Å². The van der Waals surface area contributed by atoms with Crippen molar-refractivity contribution in [2.24, 2.45) is 5.92 Å². The van der Waals surface area contributed by atoms with Crippen LogP contribution < -0.4 is 0 Å². The Hall–Kier alpha value is -1.40. The van der Waals surface area contributed by atoms with Gasteiger partial charge in [-0.3, -0.25) is 0 Å². The van der Waals surface area contributed by atoms with E-state index in [4.69, 9.17) is 10.00 Å². The minimum Gasteiger partial charge on any atom is -0.373 e. The maximum atomic E-state index is 13.7. The van der Waals surface area contributed by atoms with Crippen LogP contribution in [0.4, 0.5) is 4.39 Å². The topological polar surface area (TPSA) is 33.0 Å². The normalized spacial score (nSPS) is 23.6. The molecule has 1 aliphatic carbocycles. The number of hydrogen-bond donors (Lipinski definition) is 0. The average molecular weight is 247 g/mol. The van der Waals surface area contributed by atoms with Gasteiger partial charge in [-0.05, 0) is 30.9 Å². The molecule has 0 N–H and O–H groups in total. The SMILES string of the molecule is CC1CCCCC1OCc1ccc(C#N)cc1F. The van der Waals surface area contributed by atoms with Gasteiger partial charge in [-0.2, -0.15) is 5.26 Å². The summed E-state index contributed by atoms with van der Waals surface area (Å²) in [5.41, 5.74) is 0.883. The molecule has 1 aromatic carbocycles. The zero-order valence-corrected chi connectivity index (χ0v) is 10.7. The molecule has 2 unspecified atom stereocenters. The molecular weight excluding hydrogens is 229 g/mol. The molecule has 0 amide bonds. The average Bonchev–Trinajstić information content (AvgIpc) is 2.39. The van der Waals surface area contributed by atoms with Gasteiger partial charge in [-0.25, -0.2) is 4.39 Å². The van der Waals surface area contributed by atoms with Crippen LogP contribution in [0.5, 0.6) is 0 Å². The predicted octanol–water partition coefficient (Wildman–Crippen LogP) is 3.79. The Labute approximate surface area is 107 Å². The molecule has 2 rings (SSSR count). The van der Waals surface area contributed by atoms with Crippen LogP contribution in [0.15, 0.2) is 18.2 Å². The first kappa shape index (κ1) is 13.0. The minimum absolute atomic E-state index is 0.244. The summed E-state index contributed by atoms with van der Waals surface area (Å²) in [6.07, 6.45) is 4.98. The predicted molar refractivity (Wildman–Crippen MR) is 67.3 cm³/mol. The molecule has 3 heteroatoms. The first-order chi connectivity index (χ1) is 8.70. The van der Waals surface area contributed by atoms with Crippen LogP contribution in [0.25, 0.3) is 0 Å². The van der Waals surface area contributed by atoms with E-state index in [9.17, 15) is 4.39 Å². The molecule has 0 heterocycles. The molecule has 2 nitrogen and oxygen atoms in total. The van der Waals surface area contributed by atoms with Crippen molar-refractivity contribution < 1.29 is 9.13 Å². The van der Waals surface area contributed by atoms with E-state index in [0.717, 1.165) is 6.42 Å². The van der Waals surface area contributed by atoms with Gasteiger partial charge in [-0.15, -0.1) is 0 Å². The summed E-state index contributed by atoms with van der Waals surface area (Å²) in [7, 11) is 0. The summed E-state index contributed by atoms with van der Waals surface area (Å²) < 4.78 is 19.5. The second-order valence-electron chi connectivity index (χ2n) is 5.03. The Morgan fingerprint density at radius 2 is 2.17 bits per heavy atom. The van der Waals surface area contributed by atoms with Gasteiger partial charge in [0.1, 0.15) is 5.82 Å². The van der Waals surface area contributed by atoms with Gasteiger partial charge in [0, 0.05) is 5.56 Å². The van der Waals surface area contributed by atoms with Crippen LogP contribution in [0.3, 0.4) is 0 Å². The fraction of sp³-hybridized carbons (Fsp3) is 0.533. The largest absolute Gasteiger partial charge is 0.373 e. The quantitative estimate of drug-likeness (QED) is 0.814. The third-order valence-electron chi connectivity index (χ3n) is 3.67. The van der Waals surface area contributed by atoms with Gasteiger partial charge < -0.3 is 4.74 Å². The van der Waals surface area contributed by atoms with Gasteiger partial charge in [0.05, 0.1) is 24.3 Å². The molecule has 1 fully saturated rings. The summed E-state index contributed by atoms with van der Waals surface area (Å²) in [6.45, 7) is 2.49. The number of rotatable bonds is 3. The van der Waals surface area contributed by atoms with E-state index in [1.54, 1.807) is 12.1 Å². The second-order valence-corrected chi connectivity index (χ2v) is 5.03. The summed E-state index contributed by atoms with van der Waals surface area (Å²) in [5.74, 6) is 0.206. The highest BCUT2D eigenvalue weighted by atomic mass is 19.1. The Morgan fingerprint density at radius 1 is 1.39 bits per heavy atom. The first-order valence-electron chi connectivity index (χ1n) is 6.51. The Bertz CT molecular complexity index is 452. The summed E-state index contributed by atoms with van der Waals surface area (Å²) in [4.78, 5) is 0. The van der Waals surface area contributed by atoms with E-state index in [1.165, 1.54) is 25.3 Å². The molecule has 2 atom stereocenters.